The van der Waals surface area contributed by atoms with E-state index in [-0.39, 0.29) is 39.1 Å². The molecule has 1 unspecified atom stereocenters. The number of benzene rings is 2. The quantitative estimate of drug-likeness (QED) is 0.733. The Balaban J connectivity index is 2.24. The van der Waals surface area contributed by atoms with Gasteiger partial charge in [-0.15, -0.1) is 0 Å². The van der Waals surface area contributed by atoms with E-state index in [0.717, 1.165) is 0 Å². The van der Waals surface area contributed by atoms with Crippen LogP contribution in [0.1, 0.15) is 15.9 Å². The lowest BCUT2D eigenvalue weighted by Gasteiger charge is -2.33. The van der Waals surface area contributed by atoms with Gasteiger partial charge in [0.15, 0.2) is 11.5 Å². The molecule has 1 amide bonds. The van der Waals surface area contributed by atoms with E-state index in [1.165, 1.54) is 52.7 Å². The zero-order valence-corrected chi connectivity index (χ0v) is 16.3. The molecule has 8 nitrogen and oxygen atoms in total. The Hall–Kier alpha value is -2.97. The fourth-order valence-electron chi connectivity index (χ4n) is 3.14. The second kappa shape index (κ2) is 7.21. The summed E-state index contributed by atoms with van der Waals surface area (Å²) in [6.07, 6.45) is 0. The Morgan fingerprint density at radius 1 is 0.929 bits per heavy atom. The molecule has 0 saturated carbocycles. The maximum Gasteiger partial charge on any atom is 0.269 e. The van der Waals surface area contributed by atoms with Crippen molar-refractivity contribution in [3.05, 3.63) is 40.4 Å². The van der Waals surface area contributed by atoms with Gasteiger partial charge in [0.1, 0.15) is 5.75 Å². The summed E-state index contributed by atoms with van der Waals surface area (Å²) in [5.41, 5.74) is -2.44. The molecular formula is C19H18ClNO7. The van der Waals surface area contributed by atoms with Crippen LogP contribution in [0.5, 0.6) is 23.0 Å². The van der Waals surface area contributed by atoms with Crippen molar-refractivity contribution in [3.63, 3.8) is 0 Å². The number of nitrogens with one attached hydrogen (secondary N) is 1. The van der Waals surface area contributed by atoms with Gasteiger partial charge in [0.2, 0.25) is 17.1 Å². The average Bonchev–Trinajstić information content (AvgIpc) is 2.71. The van der Waals surface area contributed by atoms with Crippen molar-refractivity contribution in [2.24, 2.45) is 0 Å². The third-order valence-corrected chi connectivity index (χ3v) is 4.83. The molecule has 148 valence electrons. The summed E-state index contributed by atoms with van der Waals surface area (Å²) in [6, 6.07) is 5.58. The normalized spacial score (nSPS) is 18.2. The van der Waals surface area contributed by atoms with Crippen molar-refractivity contribution >= 4 is 29.0 Å². The molecule has 0 bridgehead atoms. The van der Waals surface area contributed by atoms with Crippen LogP contribution in [-0.2, 0) is 10.4 Å². The molecular weight excluding hydrogens is 390 g/mol. The largest absolute Gasteiger partial charge is 0.495 e. The van der Waals surface area contributed by atoms with Gasteiger partial charge in [-0.2, -0.15) is 0 Å². The lowest BCUT2D eigenvalue weighted by Crippen LogP contribution is -2.50. The molecule has 1 heterocycles. The van der Waals surface area contributed by atoms with E-state index in [2.05, 4.69) is 5.32 Å². The summed E-state index contributed by atoms with van der Waals surface area (Å²) < 4.78 is 20.9. The number of amides is 1. The minimum absolute atomic E-state index is 0.00379. The lowest BCUT2D eigenvalue weighted by atomic mass is 9.81. The van der Waals surface area contributed by atoms with Crippen LogP contribution < -0.4 is 24.3 Å². The Kier molecular flexibility index (Phi) is 5.10. The number of hydrogen-bond donors (Lipinski definition) is 2. The molecule has 0 aliphatic carbocycles. The van der Waals surface area contributed by atoms with Crippen LogP contribution in [0, 0.1) is 0 Å². The first kappa shape index (κ1) is 19.8. The van der Waals surface area contributed by atoms with Crippen molar-refractivity contribution in [1.29, 1.82) is 0 Å². The van der Waals surface area contributed by atoms with Crippen LogP contribution in [-0.4, -0.2) is 45.2 Å². The summed E-state index contributed by atoms with van der Waals surface area (Å²) in [4.78, 5) is 26.0. The number of carbonyl (C=O) groups is 2. The third kappa shape index (κ3) is 2.73. The fraction of sp³-hybridized carbons (Fsp3) is 0.263. The number of carbonyl (C=O) groups excluding carboxylic acids is 2. The highest BCUT2D eigenvalue weighted by atomic mass is 35.5. The highest BCUT2D eigenvalue weighted by molar-refractivity contribution is 6.34. The van der Waals surface area contributed by atoms with Gasteiger partial charge in [0, 0.05) is 17.2 Å². The second-order valence-corrected chi connectivity index (χ2v) is 6.32. The number of ether oxygens (including phenoxy) is 4. The number of rotatable bonds is 5. The molecule has 0 radical (unpaired) electrons. The van der Waals surface area contributed by atoms with Crippen LogP contribution in [0.4, 0.5) is 5.69 Å². The molecule has 9 heteroatoms. The summed E-state index contributed by atoms with van der Waals surface area (Å²) in [6.45, 7) is 0. The molecule has 1 aliphatic rings. The molecule has 1 aliphatic heterocycles. The van der Waals surface area contributed by atoms with E-state index in [1.807, 2.05) is 0 Å². The summed E-state index contributed by atoms with van der Waals surface area (Å²) >= 11 is 6.12. The van der Waals surface area contributed by atoms with E-state index in [4.69, 9.17) is 30.5 Å². The van der Waals surface area contributed by atoms with Crippen LogP contribution >= 0.6 is 11.6 Å². The summed E-state index contributed by atoms with van der Waals surface area (Å²) in [7, 11) is 5.53. The fourth-order valence-corrected chi connectivity index (χ4v) is 3.38. The zero-order valence-electron chi connectivity index (χ0n) is 15.6. The number of halogens is 1. The first-order valence-electron chi connectivity index (χ1n) is 8.09. The highest BCUT2D eigenvalue weighted by Gasteiger charge is 2.52. The molecule has 0 spiro atoms. The lowest BCUT2D eigenvalue weighted by molar-refractivity contribution is -0.130. The first-order valence-corrected chi connectivity index (χ1v) is 8.46. The molecule has 3 rings (SSSR count). The predicted molar refractivity (Wildman–Crippen MR) is 101 cm³/mol. The van der Waals surface area contributed by atoms with E-state index in [9.17, 15) is 14.7 Å². The van der Waals surface area contributed by atoms with Crippen LogP contribution in [0.3, 0.4) is 0 Å². The number of anilines is 1. The van der Waals surface area contributed by atoms with Crippen molar-refractivity contribution in [3.8, 4) is 23.0 Å². The van der Waals surface area contributed by atoms with Gasteiger partial charge in [-0.3, -0.25) is 9.59 Å². The number of Topliss-reactive ketones (excluding diaryl/α,β-unsaturated/α-hetero) is 1. The SMILES string of the molecule is COc1cc2c(cc1Cl)C(=O)C(O)(c1ccc(OC)c(OC)c1OC)C(=O)N2. The zero-order chi connectivity index (χ0) is 20.6. The van der Waals surface area contributed by atoms with Crippen LogP contribution in [0.15, 0.2) is 24.3 Å². The van der Waals surface area contributed by atoms with Crippen LogP contribution in [0.2, 0.25) is 5.02 Å². The smallest absolute Gasteiger partial charge is 0.269 e. The van der Waals surface area contributed by atoms with Crippen molar-refractivity contribution in [1.82, 2.24) is 0 Å². The molecule has 0 saturated heterocycles. The van der Waals surface area contributed by atoms with Gasteiger partial charge >= 0.3 is 0 Å². The monoisotopic (exact) mass is 407 g/mol. The van der Waals surface area contributed by atoms with E-state index >= 15 is 0 Å². The maximum absolute atomic E-state index is 13.2. The number of methoxy groups -OCH3 is 4. The van der Waals surface area contributed by atoms with Gasteiger partial charge in [-0.25, -0.2) is 0 Å². The number of hydrogen-bond acceptors (Lipinski definition) is 7. The second-order valence-electron chi connectivity index (χ2n) is 5.91. The van der Waals surface area contributed by atoms with Crippen molar-refractivity contribution < 1.29 is 33.6 Å². The molecule has 2 N–H and O–H groups in total. The molecule has 1 atom stereocenters. The maximum atomic E-state index is 13.2. The van der Waals surface area contributed by atoms with Crippen LogP contribution in [0.25, 0.3) is 0 Å². The topological polar surface area (TPSA) is 103 Å². The molecule has 2 aromatic rings. The number of ketones is 1. The standard InChI is InChI=1S/C19H18ClNO7/c1-25-13-6-5-10(15(27-3)16(13)28-4)19(24)17(22)9-7-11(20)14(26-2)8-12(9)21-18(19)23/h5-8,24H,1-4H3,(H,21,23). The first-order chi connectivity index (χ1) is 13.3. The number of fused-ring (bicyclic) bond motifs is 1. The minimum atomic E-state index is -2.56. The predicted octanol–water partition coefficient (Wildman–Crippen LogP) is 2.40. The summed E-state index contributed by atoms with van der Waals surface area (Å²) in [5, 5.41) is 13.9. The van der Waals surface area contributed by atoms with E-state index in [1.54, 1.807) is 0 Å². The van der Waals surface area contributed by atoms with Gasteiger partial charge in [0.05, 0.1) is 39.1 Å². The number of aliphatic hydroxyl groups is 1. The third-order valence-electron chi connectivity index (χ3n) is 4.54. The van der Waals surface area contributed by atoms with E-state index < -0.39 is 17.3 Å². The minimum Gasteiger partial charge on any atom is -0.495 e. The summed E-state index contributed by atoms with van der Waals surface area (Å²) in [5.74, 6) is -1.08. The van der Waals surface area contributed by atoms with Gasteiger partial charge in [-0.1, -0.05) is 11.6 Å². The molecule has 0 fully saturated rings. The van der Waals surface area contributed by atoms with Crippen molar-refractivity contribution in [2.45, 2.75) is 5.60 Å². The molecule has 2 aromatic carbocycles. The van der Waals surface area contributed by atoms with Gasteiger partial charge < -0.3 is 29.4 Å². The average molecular weight is 408 g/mol. The van der Waals surface area contributed by atoms with Gasteiger partial charge in [-0.05, 0) is 18.2 Å². The Morgan fingerprint density at radius 2 is 1.57 bits per heavy atom. The Bertz CT molecular complexity index is 975. The Labute approximate surface area is 165 Å². The molecule has 28 heavy (non-hydrogen) atoms. The molecule has 0 aromatic heterocycles. The van der Waals surface area contributed by atoms with E-state index in [0.29, 0.717) is 5.75 Å². The van der Waals surface area contributed by atoms with Crippen molar-refractivity contribution in [2.75, 3.05) is 33.8 Å². The van der Waals surface area contributed by atoms with Gasteiger partial charge in [0.25, 0.3) is 5.91 Å². The Morgan fingerprint density at radius 3 is 2.14 bits per heavy atom. The highest BCUT2D eigenvalue weighted by Crippen LogP contribution is 2.47.